The van der Waals surface area contributed by atoms with Crippen molar-refractivity contribution in [3.8, 4) is 11.4 Å². The molecule has 126 valence electrons. The van der Waals surface area contributed by atoms with E-state index in [1.807, 2.05) is 60.7 Å². The quantitative estimate of drug-likeness (QED) is 0.738. The summed E-state index contributed by atoms with van der Waals surface area (Å²) >= 11 is 0. The molecule has 1 amide bonds. The number of nitrogens with zero attached hydrogens (tertiary/aromatic N) is 3. The van der Waals surface area contributed by atoms with Crippen LogP contribution in [0.4, 0.5) is 5.69 Å². The lowest BCUT2D eigenvalue weighted by molar-refractivity contribution is -0.118. The van der Waals surface area contributed by atoms with E-state index >= 15 is 0 Å². The molecule has 2 aromatic carbocycles. The average Bonchev–Trinajstić information content (AvgIpc) is 2.64. The van der Waals surface area contributed by atoms with Crippen LogP contribution in [0.15, 0.2) is 71.5 Å². The van der Waals surface area contributed by atoms with Gasteiger partial charge in [0.25, 0.3) is 5.56 Å². The van der Waals surface area contributed by atoms with Crippen LogP contribution in [0.1, 0.15) is 5.69 Å². The molecular weight excluding hydrogens is 314 g/mol. The lowest BCUT2D eigenvalue weighted by Crippen LogP contribution is -2.35. The van der Waals surface area contributed by atoms with Gasteiger partial charge in [-0.3, -0.25) is 14.2 Å². The number of hydrogen-bond acceptors (Lipinski definition) is 3. The van der Waals surface area contributed by atoms with Gasteiger partial charge < -0.3 is 4.90 Å². The van der Waals surface area contributed by atoms with Crippen molar-refractivity contribution in [2.24, 2.45) is 0 Å². The highest BCUT2D eigenvalue weighted by Crippen LogP contribution is 2.17. The predicted molar refractivity (Wildman–Crippen MR) is 98.5 cm³/mol. The molecule has 0 atom stereocenters. The molecule has 0 fully saturated rings. The van der Waals surface area contributed by atoms with Gasteiger partial charge in [0.05, 0.1) is 0 Å². The van der Waals surface area contributed by atoms with E-state index in [1.54, 1.807) is 18.9 Å². The maximum absolute atomic E-state index is 12.7. The first-order valence-electron chi connectivity index (χ1n) is 8.02. The maximum atomic E-state index is 12.7. The number of amides is 1. The summed E-state index contributed by atoms with van der Waals surface area (Å²) < 4.78 is 1.42. The van der Waals surface area contributed by atoms with E-state index in [4.69, 9.17) is 0 Å². The molecule has 5 nitrogen and oxygen atoms in total. The summed E-state index contributed by atoms with van der Waals surface area (Å²) in [6.45, 7) is 1.71. The number of para-hydroxylation sites is 1. The highest BCUT2D eigenvalue weighted by atomic mass is 16.2. The van der Waals surface area contributed by atoms with Crippen LogP contribution < -0.4 is 10.5 Å². The Hall–Kier alpha value is -3.21. The van der Waals surface area contributed by atoms with Gasteiger partial charge in [-0.1, -0.05) is 48.5 Å². The van der Waals surface area contributed by atoms with Gasteiger partial charge in [0.15, 0.2) is 0 Å². The molecule has 0 radical (unpaired) electrons. The molecule has 0 N–H and O–H groups in total. The Kier molecular flexibility index (Phi) is 4.75. The van der Waals surface area contributed by atoms with Gasteiger partial charge >= 0.3 is 0 Å². The van der Waals surface area contributed by atoms with Crippen LogP contribution in [-0.2, 0) is 11.3 Å². The van der Waals surface area contributed by atoms with Gasteiger partial charge in [-0.2, -0.15) is 0 Å². The number of hydrogen-bond donors (Lipinski definition) is 0. The van der Waals surface area contributed by atoms with Crippen LogP contribution in [0.25, 0.3) is 11.4 Å². The zero-order valence-electron chi connectivity index (χ0n) is 14.2. The molecule has 0 aliphatic rings. The van der Waals surface area contributed by atoms with Crippen LogP contribution in [-0.4, -0.2) is 22.5 Å². The second kappa shape index (κ2) is 7.13. The van der Waals surface area contributed by atoms with Crippen LogP contribution in [0.5, 0.6) is 0 Å². The van der Waals surface area contributed by atoms with Crippen molar-refractivity contribution in [3.05, 3.63) is 82.8 Å². The minimum absolute atomic E-state index is 0.0677. The smallest absolute Gasteiger partial charge is 0.254 e. The molecule has 0 aliphatic carbocycles. The Morgan fingerprint density at radius 1 is 1.04 bits per heavy atom. The van der Waals surface area contributed by atoms with E-state index in [9.17, 15) is 9.59 Å². The van der Waals surface area contributed by atoms with E-state index in [-0.39, 0.29) is 18.0 Å². The molecule has 0 spiro atoms. The van der Waals surface area contributed by atoms with E-state index < -0.39 is 0 Å². The van der Waals surface area contributed by atoms with Crippen molar-refractivity contribution in [2.45, 2.75) is 13.5 Å². The van der Waals surface area contributed by atoms with Gasteiger partial charge in [-0.15, -0.1) is 0 Å². The molecular formula is C20H19N3O2. The van der Waals surface area contributed by atoms with Gasteiger partial charge in [0, 0.05) is 30.1 Å². The largest absolute Gasteiger partial charge is 0.314 e. The first kappa shape index (κ1) is 16.6. The van der Waals surface area contributed by atoms with E-state index in [0.29, 0.717) is 11.5 Å². The van der Waals surface area contributed by atoms with Gasteiger partial charge in [-0.05, 0) is 19.1 Å². The van der Waals surface area contributed by atoms with Crippen molar-refractivity contribution in [3.63, 3.8) is 0 Å². The summed E-state index contributed by atoms with van der Waals surface area (Å²) in [6.07, 6.45) is 0. The Balaban J connectivity index is 1.97. The third-order valence-corrected chi connectivity index (χ3v) is 3.98. The summed E-state index contributed by atoms with van der Waals surface area (Å²) in [5.74, 6) is 0.316. The minimum Gasteiger partial charge on any atom is -0.314 e. The molecule has 3 aromatic rings. The molecule has 0 bridgehead atoms. The normalized spacial score (nSPS) is 10.5. The fraction of sp³-hybridized carbons (Fsp3) is 0.150. The fourth-order valence-corrected chi connectivity index (χ4v) is 2.62. The summed E-state index contributed by atoms with van der Waals surface area (Å²) in [4.78, 5) is 31.2. The first-order valence-corrected chi connectivity index (χ1v) is 8.02. The molecule has 25 heavy (non-hydrogen) atoms. The average molecular weight is 333 g/mol. The summed E-state index contributed by atoms with van der Waals surface area (Å²) in [5, 5.41) is 0. The fourth-order valence-electron chi connectivity index (χ4n) is 2.62. The highest BCUT2D eigenvalue weighted by Gasteiger charge is 2.16. The standard InChI is InChI=1S/C20H19N3O2/c1-15-13-18(24)23(20(21-15)16-9-5-3-6-10-16)14-19(25)22(2)17-11-7-4-8-12-17/h3-13H,14H2,1-2H3. The number of aromatic nitrogens is 2. The summed E-state index contributed by atoms with van der Waals surface area (Å²) in [7, 11) is 1.70. The van der Waals surface area contributed by atoms with Gasteiger partial charge in [0.1, 0.15) is 12.4 Å². The second-order valence-electron chi connectivity index (χ2n) is 5.80. The van der Waals surface area contributed by atoms with Crippen LogP contribution in [0.2, 0.25) is 0 Å². The van der Waals surface area contributed by atoms with Crippen molar-refractivity contribution < 1.29 is 4.79 Å². The van der Waals surface area contributed by atoms with Crippen LogP contribution in [0, 0.1) is 6.92 Å². The van der Waals surface area contributed by atoms with Gasteiger partial charge in [-0.25, -0.2) is 4.98 Å². The third kappa shape index (κ3) is 3.66. The second-order valence-corrected chi connectivity index (χ2v) is 5.80. The van der Waals surface area contributed by atoms with Crippen molar-refractivity contribution in [1.82, 2.24) is 9.55 Å². The topological polar surface area (TPSA) is 55.2 Å². The Bertz CT molecular complexity index is 934. The molecule has 0 unspecified atom stereocenters. The molecule has 0 saturated heterocycles. The molecule has 1 heterocycles. The van der Waals surface area contributed by atoms with Crippen molar-refractivity contribution in [2.75, 3.05) is 11.9 Å². The Morgan fingerprint density at radius 3 is 2.28 bits per heavy atom. The monoisotopic (exact) mass is 333 g/mol. The number of aryl methyl sites for hydroxylation is 1. The zero-order chi connectivity index (χ0) is 17.8. The molecule has 5 heteroatoms. The number of carbonyl (C=O) groups is 1. The van der Waals surface area contributed by atoms with Gasteiger partial charge in [0.2, 0.25) is 5.91 Å². The number of carbonyl (C=O) groups excluding carboxylic acids is 1. The van der Waals surface area contributed by atoms with E-state index in [0.717, 1.165) is 11.3 Å². The molecule has 3 rings (SSSR count). The highest BCUT2D eigenvalue weighted by molar-refractivity contribution is 5.92. The van der Waals surface area contributed by atoms with Crippen molar-refractivity contribution in [1.29, 1.82) is 0 Å². The predicted octanol–water partition coefficient (Wildman–Crippen LogP) is 2.88. The van der Waals surface area contributed by atoms with E-state index in [1.165, 1.54) is 10.6 Å². The lowest BCUT2D eigenvalue weighted by Gasteiger charge is -2.19. The van der Waals surface area contributed by atoms with Crippen molar-refractivity contribution >= 4 is 11.6 Å². The number of rotatable bonds is 4. The summed E-state index contributed by atoms with van der Waals surface area (Å²) in [6, 6.07) is 20.2. The maximum Gasteiger partial charge on any atom is 0.254 e. The molecule has 0 saturated carbocycles. The van der Waals surface area contributed by atoms with E-state index in [2.05, 4.69) is 4.98 Å². The number of likely N-dealkylation sites (N-methyl/N-ethyl adjacent to an activating group) is 1. The Morgan fingerprint density at radius 2 is 1.64 bits per heavy atom. The Labute approximate surface area is 146 Å². The lowest BCUT2D eigenvalue weighted by atomic mass is 10.2. The molecule has 0 aliphatic heterocycles. The first-order chi connectivity index (χ1) is 12.1. The zero-order valence-corrected chi connectivity index (χ0v) is 14.2. The minimum atomic E-state index is -0.235. The summed E-state index contributed by atoms with van der Waals surface area (Å²) in [5.41, 5.74) is 1.98. The number of benzene rings is 2. The van der Waals surface area contributed by atoms with Crippen LogP contribution in [0.3, 0.4) is 0 Å². The number of anilines is 1. The van der Waals surface area contributed by atoms with Crippen LogP contribution >= 0.6 is 0 Å². The molecule has 1 aromatic heterocycles. The third-order valence-electron chi connectivity index (χ3n) is 3.98. The SMILES string of the molecule is Cc1cc(=O)n(CC(=O)N(C)c2ccccc2)c(-c2ccccc2)n1.